The Kier molecular flexibility index (Phi) is 7.37. The number of pyridine rings is 2. The number of thiophene rings is 1. The van der Waals surface area contributed by atoms with E-state index < -0.39 is 5.97 Å². The van der Waals surface area contributed by atoms with Crippen LogP contribution in [0.2, 0.25) is 0 Å². The molecule has 0 bridgehead atoms. The highest BCUT2D eigenvalue weighted by molar-refractivity contribution is 7.17. The average Bonchev–Trinajstić information content (AvgIpc) is 3.39. The van der Waals surface area contributed by atoms with Crippen LogP contribution in [0.1, 0.15) is 59.9 Å². The molecule has 2 saturated heterocycles. The molecule has 3 aliphatic heterocycles. The number of carbonyl (C=O) groups excluding carboxylic acids is 2. The number of aromatic nitrogens is 2. The van der Waals surface area contributed by atoms with Gasteiger partial charge in [0.1, 0.15) is 16.4 Å². The van der Waals surface area contributed by atoms with Crippen molar-refractivity contribution in [1.82, 2.24) is 9.97 Å². The van der Waals surface area contributed by atoms with Gasteiger partial charge in [-0.25, -0.2) is 9.78 Å². The third kappa shape index (κ3) is 5.46. The molecule has 230 valence electrons. The molecule has 1 spiro atoms. The summed E-state index contributed by atoms with van der Waals surface area (Å²) in [5, 5.41) is 12.5. The van der Waals surface area contributed by atoms with Gasteiger partial charge in [0, 0.05) is 61.9 Å². The zero-order valence-electron chi connectivity index (χ0n) is 25.1. The number of rotatable bonds is 5. The number of nitrogens with zero attached hydrogens (tertiary/aromatic N) is 4. The van der Waals surface area contributed by atoms with Gasteiger partial charge in [-0.2, -0.15) is 0 Å². The van der Waals surface area contributed by atoms with Crippen molar-refractivity contribution in [3.63, 3.8) is 0 Å². The number of fused-ring (bicyclic) bond motifs is 3. The SMILES string of the molecule is Cc1cnc(N2CC3(CCOCC3)C2)c(C(=O)Nc2ccc(C(=O)N3CCc4cc(C(=O)O)sc4-c4ncc(C)cc43)cc2)c1. The molecule has 0 saturated carbocycles. The fourth-order valence-electron chi connectivity index (χ4n) is 6.48. The van der Waals surface area contributed by atoms with Gasteiger partial charge in [0.15, 0.2) is 0 Å². The molecule has 2 N–H and O–H groups in total. The van der Waals surface area contributed by atoms with Crippen molar-refractivity contribution in [2.75, 3.05) is 48.0 Å². The lowest BCUT2D eigenvalue weighted by Crippen LogP contribution is -2.59. The second-order valence-electron chi connectivity index (χ2n) is 12.2. The number of anilines is 3. The number of carboxylic acid groups (broad SMARTS) is 1. The number of carbonyl (C=O) groups is 3. The molecular formula is C34H33N5O5S. The fraction of sp³-hybridized carbons (Fsp3) is 0.324. The van der Waals surface area contributed by atoms with E-state index >= 15 is 0 Å². The van der Waals surface area contributed by atoms with Crippen molar-refractivity contribution in [2.24, 2.45) is 5.41 Å². The summed E-state index contributed by atoms with van der Waals surface area (Å²) < 4.78 is 5.55. The van der Waals surface area contributed by atoms with E-state index in [9.17, 15) is 19.5 Å². The van der Waals surface area contributed by atoms with E-state index in [4.69, 9.17) is 4.74 Å². The first-order valence-corrected chi connectivity index (χ1v) is 15.9. The summed E-state index contributed by atoms with van der Waals surface area (Å²) >= 11 is 1.18. The molecule has 7 rings (SSSR count). The second-order valence-corrected chi connectivity index (χ2v) is 13.3. The number of hydrogen-bond acceptors (Lipinski definition) is 8. The summed E-state index contributed by atoms with van der Waals surface area (Å²) in [6, 6.07) is 12.4. The smallest absolute Gasteiger partial charge is 0.345 e. The zero-order chi connectivity index (χ0) is 31.3. The summed E-state index contributed by atoms with van der Waals surface area (Å²) in [5.41, 5.74) is 5.75. The van der Waals surface area contributed by atoms with Gasteiger partial charge < -0.3 is 25.0 Å². The van der Waals surface area contributed by atoms with Crippen LogP contribution in [0.3, 0.4) is 0 Å². The second kappa shape index (κ2) is 11.4. The quantitative estimate of drug-likeness (QED) is 0.295. The standard InChI is InChI=1S/C34H33N5O5S/c1-20-13-25(30(36-17-20)38-18-34(19-38)8-11-44-12-9-34)31(40)37-24-5-3-22(4-6-24)32(41)39-10-7-23-15-27(33(42)43)45-29(23)28-26(39)14-21(2)16-35-28/h3-6,13-17H,7-12,18-19H2,1-2H3,(H,37,40)(H,42,43). The highest BCUT2D eigenvalue weighted by Gasteiger charge is 2.45. The van der Waals surface area contributed by atoms with Gasteiger partial charge in [0.05, 0.1) is 16.1 Å². The molecule has 6 heterocycles. The van der Waals surface area contributed by atoms with E-state index in [0.717, 1.165) is 60.7 Å². The maximum atomic E-state index is 13.9. The molecule has 2 fully saturated rings. The van der Waals surface area contributed by atoms with Crippen LogP contribution in [0.4, 0.5) is 17.2 Å². The normalized spacial score (nSPS) is 16.8. The first kappa shape index (κ1) is 29.1. The molecule has 45 heavy (non-hydrogen) atoms. The summed E-state index contributed by atoms with van der Waals surface area (Å²) in [6.45, 7) is 7.52. The lowest BCUT2D eigenvalue weighted by molar-refractivity contribution is -0.000512. The molecule has 3 aliphatic rings. The Bertz CT molecular complexity index is 1820. The average molecular weight is 624 g/mol. The molecule has 0 radical (unpaired) electrons. The number of aryl methyl sites for hydroxylation is 2. The Balaban J connectivity index is 1.09. The largest absolute Gasteiger partial charge is 0.477 e. The molecule has 10 nitrogen and oxygen atoms in total. The van der Waals surface area contributed by atoms with Crippen LogP contribution < -0.4 is 15.1 Å². The monoisotopic (exact) mass is 623 g/mol. The predicted octanol–water partition coefficient (Wildman–Crippen LogP) is 5.59. The Labute approximate surface area is 264 Å². The molecule has 4 aromatic rings. The summed E-state index contributed by atoms with van der Waals surface area (Å²) in [4.78, 5) is 53.2. The van der Waals surface area contributed by atoms with Crippen molar-refractivity contribution < 1.29 is 24.2 Å². The van der Waals surface area contributed by atoms with Crippen molar-refractivity contribution in [3.8, 4) is 10.6 Å². The number of amides is 2. The highest BCUT2D eigenvalue weighted by Crippen LogP contribution is 2.43. The van der Waals surface area contributed by atoms with Crippen LogP contribution in [0.15, 0.2) is 54.9 Å². The van der Waals surface area contributed by atoms with Crippen LogP contribution in [-0.2, 0) is 11.2 Å². The third-order valence-corrected chi connectivity index (χ3v) is 10.1. The molecular weight excluding hydrogens is 590 g/mol. The third-order valence-electron chi connectivity index (χ3n) is 8.92. The molecule has 0 aliphatic carbocycles. The van der Waals surface area contributed by atoms with Gasteiger partial charge in [-0.05, 0) is 92.3 Å². The van der Waals surface area contributed by atoms with Gasteiger partial charge in [-0.15, -0.1) is 11.3 Å². The van der Waals surface area contributed by atoms with E-state index in [1.54, 1.807) is 47.6 Å². The molecule has 0 unspecified atom stereocenters. The van der Waals surface area contributed by atoms with E-state index in [0.29, 0.717) is 47.0 Å². The minimum atomic E-state index is -0.972. The van der Waals surface area contributed by atoms with Crippen molar-refractivity contribution in [3.05, 3.63) is 87.6 Å². The summed E-state index contributed by atoms with van der Waals surface area (Å²) in [7, 11) is 0. The Hall–Kier alpha value is -4.61. The number of carboxylic acids is 1. The number of ether oxygens (including phenoxy) is 1. The first-order chi connectivity index (χ1) is 21.7. The van der Waals surface area contributed by atoms with E-state index in [1.165, 1.54) is 11.3 Å². The van der Waals surface area contributed by atoms with Crippen molar-refractivity contribution >= 4 is 46.3 Å². The first-order valence-electron chi connectivity index (χ1n) is 15.1. The van der Waals surface area contributed by atoms with Gasteiger partial charge in [-0.3, -0.25) is 14.6 Å². The van der Waals surface area contributed by atoms with E-state index in [1.807, 2.05) is 26.0 Å². The Morgan fingerprint density at radius 2 is 1.69 bits per heavy atom. The maximum Gasteiger partial charge on any atom is 0.345 e. The maximum absolute atomic E-state index is 13.9. The molecule has 11 heteroatoms. The van der Waals surface area contributed by atoms with E-state index in [2.05, 4.69) is 20.2 Å². The van der Waals surface area contributed by atoms with Gasteiger partial charge in [0.2, 0.25) is 0 Å². The minimum Gasteiger partial charge on any atom is -0.477 e. The Morgan fingerprint density at radius 3 is 2.42 bits per heavy atom. The predicted molar refractivity (Wildman–Crippen MR) is 173 cm³/mol. The van der Waals surface area contributed by atoms with Crippen molar-refractivity contribution in [2.45, 2.75) is 33.1 Å². The van der Waals surface area contributed by atoms with Gasteiger partial charge >= 0.3 is 5.97 Å². The number of hydrogen-bond donors (Lipinski definition) is 2. The lowest BCUT2D eigenvalue weighted by Gasteiger charge is -2.53. The summed E-state index contributed by atoms with van der Waals surface area (Å²) in [6.07, 6.45) is 6.09. The Morgan fingerprint density at radius 1 is 0.978 bits per heavy atom. The van der Waals surface area contributed by atoms with Crippen LogP contribution >= 0.6 is 11.3 Å². The van der Waals surface area contributed by atoms with Crippen LogP contribution in [-0.4, -0.2) is 65.7 Å². The molecule has 1 aromatic carbocycles. The lowest BCUT2D eigenvalue weighted by atomic mass is 9.73. The van der Waals surface area contributed by atoms with Crippen LogP contribution in [0.25, 0.3) is 10.6 Å². The molecule has 3 aromatic heterocycles. The van der Waals surface area contributed by atoms with Gasteiger partial charge in [-0.1, -0.05) is 0 Å². The van der Waals surface area contributed by atoms with Crippen LogP contribution in [0.5, 0.6) is 0 Å². The highest BCUT2D eigenvalue weighted by atomic mass is 32.1. The topological polar surface area (TPSA) is 125 Å². The molecule has 0 atom stereocenters. The number of benzene rings is 1. The summed E-state index contributed by atoms with van der Waals surface area (Å²) in [5.74, 6) is -0.724. The minimum absolute atomic E-state index is 0.194. The number of aromatic carboxylic acids is 1. The van der Waals surface area contributed by atoms with E-state index in [-0.39, 0.29) is 22.1 Å². The van der Waals surface area contributed by atoms with Gasteiger partial charge in [0.25, 0.3) is 11.8 Å². The van der Waals surface area contributed by atoms with Crippen molar-refractivity contribution in [1.29, 1.82) is 0 Å². The fourth-order valence-corrected chi connectivity index (χ4v) is 7.54. The molecule has 2 amide bonds. The van der Waals surface area contributed by atoms with Crippen LogP contribution in [0, 0.1) is 19.3 Å². The number of nitrogens with one attached hydrogen (secondary N) is 1. The zero-order valence-corrected chi connectivity index (χ0v) is 25.9.